The molecule has 0 saturated heterocycles. The fraction of sp³-hybridized carbons (Fsp3) is 0.400. The minimum absolute atomic E-state index is 0.0208. The van der Waals surface area contributed by atoms with Gasteiger partial charge in [-0.25, -0.2) is 0 Å². The molecule has 15 heavy (non-hydrogen) atoms. The van der Waals surface area contributed by atoms with E-state index in [1.807, 2.05) is 0 Å². The quantitative estimate of drug-likeness (QED) is 0.668. The predicted octanol–water partition coefficient (Wildman–Crippen LogP) is 0.718. The van der Waals surface area contributed by atoms with Gasteiger partial charge >= 0.3 is 5.97 Å². The van der Waals surface area contributed by atoms with Crippen molar-refractivity contribution in [3.05, 3.63) is 24.5 Å². The number of aliphatic carboxylic acids is 1. The maximum absolute atomic E-state index is 10.0. The molecule has 5 nitrogen and oxygen atoms in total. The maximum atomic E-state index is 10.0. The van der Waals surface area contributed by atoms with E-state index in [1.165, 1.54) is 0 Å². The average molecular weight is 211 g/mol. The molecule has 84 valence electrons. The summed E-state index contributed by atoms with van der Waals surface area (Å²) < 4.78 is 0. The highest BCUT2D eigenvalue weighted by Gasteiger charge is 2.14. The molecule has 1 atom stereocenters. The molecule has 5 N–H and O–H groups in total. The number of hydrogen-bond acceptors (Lipinski definition) is 4. The fourth-order valence-electron chi connectivity index (χ4n) is 0.649. The fourth-order valence-corrected chi connectivity index (χ4v) is 0.649. The van der Waals surface area contributed by atoms with Gasteiger partial charge in [0.2, 0.25) is 0 Å². The van der Waals surface area contributed by atoms with Crippen molar-refractivity contribution in [2.75, 3.05) is 5.73 Å². The van der Waals surface area contributed by atoms with Crippen LogP contribution in [0, 0.1) is 5.92 Å². The number of pyridine rings is 1. The zero-order valence-corrected chi connectivity index (χ0v) is 8.92. The van der Waals surface area contributed by atoms with E-state index in [-0.39, 0.29) is 5.92 Å². The number of nitrogens with two attached hydrogens (primary N) is 2. The number of carboxylic acids is 1. The van der Waals surface area contributed by atoms with Gasteiger partial charge < -0.3 is 16.6 Å². The van der Waals surface area contributed by atoms with Crippen molar-refractivity contribution in [3.63, 3.8) is 0 Å². The van der Waals surface area contributed by atoms with Crippen LogP contribution in [-0.2, 0) is 4.79 Å². The second-order valence-corrected chi connectivity index (χ2v) is 3.39. The third-order valence-electron chi connectivity index (χ3n) is 1.71. The number of carbonyl (C=O) groups is 1. The van der Waals surface area contributed by atoms with Crippen molar-refractivity contribution >= 4 is 11.7 Å². The van der Waals surface area contributed by atoms with Crippen LogP contribution in [0.5, 0.6) is 0 Å². The van der Waals surface area contributed by atoms with Gasteiger partial charge in [0.25, 0.3) is 0 Å². The lowest BCUT2D eigenvalue weighted by Crippen LogP contribution is -2.34. The Morgan fingerprint density at radius 2 is 1.87 bits per heavy atom. The molecular weight excluding hydrogens is 194 g/mol. The predicted molar refractivity (Wildman–Crippen MR) is 59.1 cm³/mol. The maximum Gasteiger partial charge on any atom is 0.320 e. The molecule has 1 aromatic rings. The second-order valence-electron chi connectivity index (χ2n) is 3.39. The van der Waals surface area contributed by atoms with Gasteiger partial charge in [-0.05, 0) is 18.1 Å². The summed E-state index contributed by atoms with van der Waals surface area (Å²) in [4.78, 5) is 13.8. The smallest absolute Gasteiger partial charge is 0.320 e. The lowest BCUT2D eigenvalue weighted by Gasteiger charge is -2.07. The first kappa shape index (κ1) is 13.4. The molecular formula is C10H17N3O2. The van der Waals surface area contributed by atoms with Crippen LogP contribution in [0.25, 0.3) is 0 Å². The van der Waals surface area contributed by atoms with E-state index in [0.717, 1.165) is 5.69 Å². The molecule has 0 aliphatic rings. The van der Waals surface area contributed by atoms with Crippen molar-refractivity contribution < 1.29 is 9.90 Å². The van der Waals surface area contributed by atoms with E-state index in [4.69, 9.17) is 16.6 Å². The molecule has 5 heteroatoms. The van der Waals surface area contributed by atoms with Crippen LogP contribution in [0.3, 0.4) is 0 Å². The molecule has 1 aromatic heterocycles. The number of hydrogen-bond donors (Lipinski definition) is 3. The molecule has 0 fully saturated rings. The van der Waals surface area contributed by atoms with E-state index in [9.17, 15) is 4.79 Å². The third-order valence-corrected chi connectivity index (χ3v) is 1.71. The molecule has 0 aliphatic carbocycles. The van der Waals surface area contributed by atoms with Crippen LogP contribution in [0.15, 0.2) is 24.5 Å². The Morgan fingerprint density at radius 3 is 2.00 bits per heavy atom. The molecule has 0 aromatic carbocycles. The lowest BCUT2D eigenvalue weighted by atomic mass is 10.1. The van der Waals surface area contributed by atoms with E-state index < -0.39 is 12.0 Å². The molecule has 0 radical (unpaired) electrons. The normalized spacial score (nSPS) is 11.5. The van der Waals surface area contributed by atoms with Crippen LogP contribution < -0.4 is 11.5 Å². The lowest BCUT2D eigenvalue weighted by molar-refractivity contribution is -0.139. The summed E-state index contributed by atoms with van der Waals surface area (Å²) in [6.07, 6.45) is 3.32. The summed E-state index contributed by atoms with van der Waals surface area (Å²) in [5.74, 6) is -0.910. The topological polar surface area (TPSA) is 102 Å². The summed E-state index contributed by atoms with van der Waals surface area (Å²) >= 11 is 0. The van der Waals surface area contributed by atoms with E-state index in [0.29, 0.717) is 0 Å². The van der Waals surface area contributed by atoms with E-state index >= 15 is 0 Å². The molecule has 0 spiro atoms. The zero-order valence-electron chi connectivity index (χ0n) is 8.92. The Labute approximate surface area is 89.1 Å². The van der Waals surface area contributed by atoms with Gasteiger partial charge in [0.05, 0.1) is 0 Å². The van der Waals surface area contributed by atoms with Crippen LogP contribution in [0.1, 0.15) is 13.8 Å². The van der Waals surface area contributed by atoms with Crippen molar-refractivity contribution in [1.29, 1.82) is 0 Å². The van der Waals surface area contributed by atoms with Crippen LogP contribution in [-0.4, -0.2) is 22.1 Å². The number of anilines is 1. The van der Waals surface area contributed by atoms with Gasteiger partial charge in [-0.3, -0.25) is 9.78 Å². The SMILES string of the molecule is CC(C)[C@H](N)C(=O)O.Nc1ccncc1. The zero-order chi connectivity index (χ0) is 11.8. The van der Waals surface area contributed by atoms with Crippen molar-refractivity contribution in [2.45, 2.75) is 19.9 Å². The summed E-state index contributed by atoms with van der Waals surface area (Å²) in [6.45, 7) is 3.55. The van der Waals surface area contributed by atoms with E-state index in [1.54, 1.807) is 38.4 Å². The Kier molecular flexibility index (Phi) is 6.05. The first-order valence-electron chi connectivity index (χ1n) is 4.59. The van der Waals surface area contributed by atoms with Gasteiger partial charge in [-0.15, -0.1) is 0 Å². The monoisotopic (exact) mass is 211 g/mol. The van der Waals surface area contributed by atoms with Crippen LogP contribution >= 0.6 is 0 Å². The summed E-state index contributed by atoms with van der Waals surface area (Å²) in [5, 5.41) is 8.23. The Hall–Kier alpha value is -1.62. The molecule has 0 amide bonds. The third kappa shape index (κ3) is 6.45. The van der Waals surface area contributed by atoms with Crippen LogP contribution in [0.4, 0.5) is 5.69 Å². The molecule has 0 unspecified atom stereocenters. The molecule has 1 heterocycles. The van der Waals surface area contributed by atoms with Crippen molar-refractivity contribution in [2.24, 2.45) is 11.7 Å². The number of rotatable bonds is 2. The standard InChI is InChI=1S/C5H6N2.C5H11NO2/c6-5-1-3-7-4-2-5;1-3(2)4(6)5(7)8/h1-4H,(H2,6,7);3-4H,6H2,1-2H3,(H,7,8)/t;4-/m.0/s1. The highest BCUT2D eigenvalue weighted by atomic mass is 16.4. The first-order valence-corrected chi connectivity index (χ1v) is 4.59. The average Bonchev–Trinajstić information content (AvgIpc) is 2.18. The van der Waals surface area contributed by atoms with Crippen molar-refractivity contribution in [1.82, 2.24) is 4.98 Å². The van der Waals surface area contributed by atoms with Crippen LogP contribution in [0.2, 0.25) is 0 Å². The summed E-state index contributed by atoms with van der Waals surface area (Å²) in [7, 11) is 0. The molecule has 0 bridgehead atoms. The van der Waals surface area contributed by atoms with Gasteiger partial charge in [0.1, 0.15) is 6.04 Å². The number of nitrogens with zero attached hydrogens (tertiary/aromatic N) is 1. The number of nitrogen functional groups attached to an aromatic ring is 1. The first-order chi connectivity index (χ1) is 6.95. The Balaban J connectivity index is 0.000000262. The number of aromatic nitrogens is 1. The van der Waals surface area contributed by atoms with Gasteiger partial charge in [-0.2, -0.15) is 0 Å². The van der Waals surface area contributed by atoms with E-state index in [2.05, 4.69) is 4.98 Å². The summed E-state index contributed by atoms with van der Waals surface area (Å²) in [6, 6.07) is 2.79. The molecule has 0 aliphatic heterocycles. The van der Waals surface area contributed by atoms with Gasteiger partial charge in [0, 0.05) is 18.1 Å². The second kappa shape index (κ2) is 6.78. The van der Waals surface area contributed by atoms with Crippen molar-refractivity contribution in [3.8, 4) is 0 Å². The summed E-state index contributed by atoms with van der Waals surface area (Å²) in [5.41, 5.74) is 11.2. The van der Waals surface area contributed by atoms with Gasteiger partial charge in [0.15, 0.2) is 0 Å². The molecule has 1 rings (SSSR count). The minimum Gasteiger partial charge on any atom is -0.480 e. The van der Waals surface area contributed by atoms with Gasteiger partial charge in [-0.1, -0.05) is 13.8 Å². The Morgan fingerprint density at radius 1 is 1.40 bits per heavy atom. The minimum atomic E-state index is -0.931. The molecule has 0 saturated carbocycles. The highest BCUT2D eigenvalue weighted by molar-refractivity contribution is 5.73. The highest BCUT2D eigenvalue weighted by Crippen LogP contribution is 1.96. The largest absolute Gasteiger partial charge is 0.480 e. The Bertz CT molecular complexity index is 288. The number of carboxylic acid groups (broad SMARTS) is 1.